The fraction of sp³-hybridized carbons (Fsp3) is 0.429. The molecular formula is C21H21ClN4O4S2. The predicted molar refractivity (Wildman–Crippen MR) is 120 cm³/mol. The number of aryl methyl sites for hydroxylation is 1. The van der Waals surface area contributed by atoms with Gasteiger partial charge in [-0.15, -0.1) is 11.3 Å². The van der Waals surface area contributed by atoms with E-state index in [-0.39, 0.29) is 21.5 Å². The number of ketones is 1. The van der Waals surface area contributed by atoms with Gasteiger partial charge < -0.3 is 4.90 Å². The molecule has 1 atom stereocenters. The van der Waals surface area contributed by atoms with Crippen LogP contribution in [0.1, 0.15) is 53.7 Å². The van der Waals surface area contributed by atoms with Crippen molar-refractivity contribution in [3.8, 4) is 6.07 Å². The molecule has 2 aromatic heterocycles. The Morgan fingerprint density at radius 3 is 2.66 bits per heavy atom. The summed E-state index contributed by atoms with van der Waals surface area (Å²) in [5.74, 6) is -0.395. The first-order valence-corrected chi connectivity index (χ1v) is 12.9. The number of carbonyl (C=O) groups excluding carboxylic acids is 2. The van der Waals surface area contributed by atoms with Crippen molar-refractivity contribution in [1.29, 1.82) is 5.26 Å². The van der Waals surface area contributed by atoms with Crippen LogP contribution >= 0.6 is 22.9 Å². The van der Waals surface area contributed by atoms with Crippen LogP contribution in [-0.2, 0) is 14.8 Å². The van der Waals surface area contributed by atoms with Gasteiger partial charge >= 0.3 is 0 Å². The van der Waals surface area contributed by atoms with E-state index >= 15 is 0 Å². The van der Waals surface area contributed by atoms with Crippen molar-refractivity contribution in [2.24, 2.45) is 5.92 Å². The number of Topliss-reactive ketones (excluding diaryl/α,β-unsaturated/α-hetero) is 1. The predicted octanol–water partition coefficient (Wildman–Crippen LogP) is 3.43. The van der Waals surface area contributed by atoms with Crippen LogP contribution in [0, 0.1) is 24.2 Å². The number of anilines is 1. The summed E-state index contributed by atoms with van der Waals surface area (Å²) in [6.45, 7) is 2.16. The van der Waals surface area contributed by atoms with Crippen molar-refractivity contribution in [2.75, 3.05) is 11.4 Å². The van der Waals surface area contributed by atoms with E-state index in [2.05, 4.69) is 15.8 Å². The number of carbonyl (C=O) groups is 2. The Hall–Kier alpha value is -2.48. The van der Waals surface area contributed by atoms with E-state index in [1.165, 1.54) is 12.1 Å². The Morgan fingerprint density at radius 2 is 2.03 bits per heavy atom. The molecular weight excluding hydrogens is 472 g/mol. The Morgan fingerprint density at radius 1 is 1.28 bits per heavy atom. The van der Waals surface area contributed by atoms with Gasteiger partial charge in [0.1, 0.15) is 22.1 Å². The topological polar surface area (TPSA) is 120 Å². The molecule has 168 valence electrons. The van der Waals surface area contributed by atoms with Gasteiger partial charge in [-0.2, -0.15) is 5.26 Å². The fourth-order valence-corrected chi connectivity index (χ4v) is 6.36. The molecule has 1 saturated carbocycles. The number of nitrogens with one attached hydrogen (secondary N) is 1. The number of pyridine rings is 1. The van der Waals surface area contributed by atoms with Crippen molar-refractivity contribution in [2.45, 2.75) is 49.3 Å². The average molecular weight is 493 g/mol. The number of aromatic nitrogens is 1. The lowest BCUT2D eigenvalue weighted by molar-refractivity contribution is -0.121. The summed E-state index contributed by atoms with van der Waals surface area (Å²) in [6, 6.07) is 5.63. The van der Waals surface area contributed by atoms with E-state index in [1.54, 1.807) is 17.9 Å². The number of sulfonamides is 1. The maximum absolute atomic E-state index is 13.0. The van der Waals surface area contributed by atoms with Crippen LogP contribution in [-0.4, -0.2) is 37.7 Å². The SMILES string of the molecule is Cc1nc(N2CCCCC2C(=O)NS(=O)(=O)c2ccc(Cl)s2)c(C#N)cc1C(=O)C1CC1. The molecule has 2 aliphatic rings. The number of halogens is 1. The van der Waals surface area contributed by atoms with Crippen molar-refractivity contribution >= 4 is 50.5 Å². The maximum Gasteiger partial charge on any atom is 0.273 e. The lowest BCUT2D eigenvalue weighted by Gasteiger charge is -2.36. The molecule has 1 aliphatic heterocycles. The van der Waals surface area contributed by atoms with Crippen LogP contribution in [0.15, 0.2) is 22.4 Å². The fourth-order valence-electron chi connectivity index (χ4n) is 3.86. The zero-order valence-corrected chi connectivity index (χ0v) is 19.7. The van der Waals surface area contributed by atoms with Gasteiger partial charge in [-0.05, 0) is 57.2 Å². The van der Waals surface area contributed by atoms with E-state index in [4.69, 9.17) is 11.6 Å². The minimum atomic E-state index is -4.06. The highest BCUT2D eigenvalue weighted by Crippen LogP contribution is 2.35. The summed E-state index contributed by atoms with van der Waals surface area (Å²) in [4.78, 5) is 31.8. The molecule has 0 bridgehead atoms. The minimum Gasteiger partial charge on any atom is -0.343 e. The van der Waals surface area contributed by atoms with Gasteiger partial charge in [-0.1, -0.05) is 11.6 Å². The summed E-state index contributed by atoms with van der Waals surface area (Å²) in [5, 5.41) is 9.73. The summed E-state index contributed by atoms with van der Waals surface area (Å²) >= 11 is 6.69. The van der Waals surface area contributed by atoms with Gasteiger partial charge in [-0.3, -0.25) is 9.59 Å². The first kappa shape index (κ1) is 22.7. The molecule has 1 N–H and O–H groups in total. The first-order valence-electron chi connectivity index (χ1n) is 10.3. The third-order valence-electron chi connectivity index (χ3n) is 5.65. The van der Waals surface area contributed by atoms with E-state index in [0.717, 1.165) is 37.0 Å². The third kappa shape index (κ3) is 4.51. The molecule has 32 heavy (non-hydrogen) atoms. The second-order valence-electron chi connectivity index (χ2n) is 7.98. The lowest BCUT2D eigenvalue weighted by Crippen LogP contribution is -2.51. The standard InChI is InChI=1S/C21H21ClN4O4S2/c1-12-15(19(27)13-5-6-13)10-14(11-23)20(24-12)26-9-3-2-4-16(26)21(28)25-32(29,30)18-8-7-17(22)31-18/h7-8,10,13,16H,2-6,9H2,1H3,(H,25,28). The third-order valence-corrected chi connectivity index (χ3v) is 8.72. The van der Waals surface area contributed by atoms with Crippen molar-refractivity contribution in [3.05, 3.63) is 39.4 Å². The number of rotatable bonds is 6. The molecule has 1 unspecified atom stereocenters. The quantitative estimate of drug-likeness (QED) is 0.613. The molecule has 1 aliphatic carbocycles. The van der Waals surface area contributed by atoms with Gasteiger partial charge in [0.05, 0.1) is 15.6 Å². The van der Waals surface area contributed by atoms with Gasteiger partial charge in [0, 0.05) is 18.0 Å². The van der Waals surface area contributed by atoms with Crippen LogP contribution in [0.25, 0.3) is 0 Å². The molecule has 3 heterocycles. The van der Waals surface area contributed by atoms with Crippen molar-refractivity contribution in [1.82, 2.24) is 9.71 Å². The number of thiophene rings is 1. The van der Waals surface area contributed by atoms with Crippen molar-refractivity contribution < 1.29 is 18.0 Å². The van der Waals surface area contributed by atoms with E-state index in [1.807, 2.05) is 0 Å². The number of piperidine rings is 1. The number of nitrogens with zero attached hydrogens (tertiary/aromatic N) is 3. The summed E-state index contributed by atoms with van der Waals surface area (Å²) in [7, 11) is -4.06. The molecule has 11 heteroatoms. The summed E-state index contributed by atoms with van der Waals surface area (Å²) in [5.41, 5.74) is 1.14. The maximum atomic E-state index is 13.0. The monoisotopic (exact) mass is 492 g/mol. The molecule has 0 radical (unpaired) electrons. The smallest absolute Gasteiger partial charge is 0.273 e. The molecule has 0 aromatic carbocycles. The zero-order valence-electron chi connectivity index (χ0n) is 17.3. The lowest BCUT2D eigenvalue weighted by atomic mass is 9.99. The minimum absolute atomic E-state index is 0.00244. The largest absolute Gasteiger partial charge is 0.343 e. The highest BCUT2D eigenvalue weighted by atomic mass is 35.5. The molecule has 0 spiro atoms. The normalized spacial score (nSPS) is 18.8. The Labute approximate surface area is 195 Å². The van der Waals surface area contributed by atoms with Crippen LogP contribution in [0.5, 0.6) is 0 Å². The molecule has 1 saturated heterocycles. The van der Waals surface area contributed by atoms with Crippen LogP contribution in [0.3, 0.4) is 0 Å². The molecule has 2 fully saturated rings. The van der Waals surface area contributed by atoms with Crippen LogP contribution in [0.4, 0.5) is 5.82 Å². The number of hydrogen-bond donors (Lipinski definition) is 1. The molecule has 4 rings (SSSR count). The van der Waals surface area contributed by atoms with Crippen LogP contribution < -0.4 is 9.62 Å². The van der Waals surface area contributed by atoms with Gasteiger partial charge in [0.25, 0.3) is 15.9 Å². The zero-order chi connectivity index (χ0) is 23.0. The molecule has 8 nitrogen and oxygen atoms in total. The molecule has 2 aromatic rings. The van der Waals surface area contributed by atoms with E-state index in [0.29, 0.717) is 34.4 Å². The molecule has 1 amide bonds. The first-order chi connectivity index (χ1) is 15.2. The van der Waals surface area contributed by atoms with E-state index < -0.39 is 22.0 Å². The number of nitriles is 1. The Kier molecular flexibility index (Phi) is 6.25. The Balaban J connectivity index is 1.63. The van der Waals surface area contributed by atoms with Crippen molar-refractivity contribution in [3.63, 3.8) is 0 Å². The van der Waals surface area contributed by atoms with Crippen LogP contribution in [0.2, 0.25) is 4.34 Å². The highest BCUT2D eigenvalue weighted by molar-refractivity contribution is 7.92. The van der Waals surface area contributed by atoms with Gasteiger partial charge in [0.15, 0.2) is 5.78 Å². The average Bonchev–Trinajstić information content (AvgIpc) is 3.52. The van der Waals surface area contributed by atoms with Gasteiger partial charge in [0.2, 0.25) is 0 Å². The van der Waals surface area contributed by atoms with Gasteiger partial charge in [-0.25, -0.2) is 18.1 Å². The second kappa shape index (κ2) is 8.81. The number of hydrogen-bond acceptors (Lipinski definition) is 8. The summed E-state index contributed by atoms with van der Waals surface area (Å²) in [6.07, 6.45) is 3.62. The highest BCUT2D eigenvalue weighted by Gasteiger charge is 2.36. The summed E-state index contributed by atoms with van der Waals surface area (Å²) < 4.78 is 27.6. The Bertz CT molecular complexity index is 1230. The second-order valence-corrected chi connectivity index (χ2v) is 11.6. The number of amides is 1. The van der Waals surface area contributed by atoms with E-state index in [9.17, 15) is 23.3 Å².